The van der Waals surface area contributed by atoms with Crippen molar-refractivity contribution in [3.05, 3.63) is 0 Å². The molecular weight excluding hydrogens is 204 g/mol. The Bertz CT molecular complexity index is 221. The molecule has 16 heavy (non-hydrogen) atoms. The van der Waals surface area contributed by atoms with Crippen molar-refractivity contribution in [1.82, 2.24) is 5.32 Å². The van der Waals surface area contributed by atoms with E-state index in [0.29, 0.717) is 12.0 Å². The molecule has 1 saturated heterocycles. The molecule has 0 aliphatic carbocycles. The fourth-order valence-electron chi connectivity index (χ4n) is 2.09. The third-order valence-electron chi connectivity index (χ3n) is 3.10. The van der Waals surface area contributed by atoms with Crippen molar-refractivity contribution in [2.45, 2.75) is 51.7 Å². The molecule has 1 aliphatic rings. The summed E-state index contributed by atoms with van der Waals surface area (Å²) in [4.78, 5) is 11.6. The highest BCUT2D eigenvalue weighted by Gasteiger charge is 2.20. The summed E-state index contributed by atoms with van der Waals surface area (Å²) < 4.78 is 5.46. The molecule has 0 saturated carbocycles. The molecule has 3 unspecified atom stereocenters. The van der Waals surface area contributed by atoms with Gasteiger partial charge in [0.15, 0.2) is 0 Å². The van der Waals surface area contributed by atoms with Crippen LogP contribution in [0.5, 0.6) is 0 Å². The molecular formula is C12H24N2O2. The van der Waals surface area contributed by atoms with E-state index in [9.17, 15) is 4.79 Å². The van der Waals surface area contributed by atoms with Gasteiger partial charge >= 0.3 is 0 Å². The number of ether oxygens (including phenoxy) is 1. The second kappa shape index (κ2) is 6.86. The predicted octanol–water partition coefficient (Wildman–Crippen LogP) is 1.05. The Morgan fingerprint density at radius 1 is 1.62 bits per heavy atom. The molecule has 1 aliphatic heterocycles. The van der Waals surface area contributed by atoms with Gasteiger partial charge in [-0.2, -0.15) is 0 Å². The predicted molar refractivity (Wildman–Crippen MR) is 64.0 cm³/mol. The van der Waals surface area contributed by atoms with E-state index in [0.717, 1.165) is 38.8 Å². The van der Waals surface area contributed by atoms with Gasteiger partial charge in [-0.3, -0.25) is 4.79 Å². The van der Waals surface area contributed by atoms with Gasteiger partial charge in [0, 0.05) is 13.2 Å². The number of amides is 1. The first-order valence-electron chi connectivity index (χ1n) is 6.28. The van der Waals surface area contributed by atoms with E-state index >= 15 is 0 Å². The van der Waals surface area contributed by atoms with E-state index < -0.39 is 0 Å². The average Bonchev–Trinajstić information content (AvgIpc) is 2.26. The summed E-state index contributed by atoms with van der Waals surface area (Å²) >= 11 is 0. The van der Waals surface area contributed by atoms with Gasteiger partial charge in [0.25, 0.3) is 0 Å². The van der Waals surface area contributed by atoms with Crippen molar-refractivity contribution in [2.75, 3.05) is 13.2 Å². The highest BCUT2D eigenvalue weighted by molar-refractivity contribution is 5.81. The number of hydrogen-bond acceptors (Lipinski definition) is 3. The van der Waals surface area contributed by atoms with Crippen molar-refractivity contribution in [1.29, 1.82) is 0 Å². The van der Waals surface area contributed by atoms with Crippen LogP contribution in [0.1, 0.15) is 39.5 Å². The quantitative estimate of drug-likeness (QED) is 0.739. The van der Waals surface area contributed by atoms with Crippen LogP contribution in [0.15, 0.2) is 0 Å². The van der Waals surface area contributed by atoms with E-state index in [4.69, 9.17) is 10.5 Å². The number of nitrogens with one attached hydrogen (secondary N) is 1. The van der Waals surface area contributed by atoms with E-state index in [-0.39, 0.29) is 11.9 Å². The van der Waals surface area contributed by atoms with Gasteiger partial charge in [0.2, 0.25) is 5.91 Å². The van der Waals surface area contributed by atoms with E-state index in [1.54, 1.807) is 0 Å². The lowest BCUT2D eigenvalue weighted by Gasteiger charge is -2.27. The van der Waals surface area contributed by atoms with Gasteiger partial charge in [0.05, 0.1) is 12.1 Å². The molecule has 3 atom stereocenters. The molecule has 1 rings (SSSR count). The summed E-state index contributed by atoms with van der Waals surface area (Å²) in [6.07, 6.45) is 4.09. The minimum atomic E-state index is -0.345. The molecule has 1 heterocycles. The average molecular weight is 228 g/mol. The van der Waals surface area contributed by atoms with Gasteiger partial charge in [-0.05, 0) is 32.1 Å². The fraction of sp³-hybridized carbons (Fsp3) is 0.917. The summed E-state index contributed by atoms with van der Waals surface area (Å²) in [5, 5.41) is 2.94. The summed E-state index contributed by atoms with van der Waals surface area (Å²) in [6, 6.07) is -0.345. The molecule has 0 aromatic heterocycles. The topological polar surface area (TPSA) is 64.4 Å². The maximum absolute atomic E-state index is 11.6. The molecule has 1 amide bonds. The summed E-state index contributed by atoms with van der Waals surface area (Å²) in [7, 11) is 0. The Morgan fingerprint density at radius 3 is 3.00 bits per heavy atom. The first-order valence-corrected chi connectivity index (χ1v) is 6.28. The van der Waals surface area contributed by atoms with Crippen molar-refractivity contribution < 1.29 is 9.53 Å². The Balaban J connectivity index is 2.20. The van der Waals surface area contributed by atoms with Crippen molar-refractivity contribution in [2.24, 2.45) is 11.7 Å². The molecule has 0 spiro atoms. The second-order valence-corrected chi connectivity index (χ2v) is 4.71. The SMILES string of the molecule is CCCC(N)C(=O)NCC1CCOC(C)C1. The minimum absolute atomic E-state index is 0.0130. The zero-order valence-electron chi connectivity index (χ0n) is 10.4. The van der Waals surface area contributed by atoms with Gasteiger partial charge in [0.1, 0.15) is 0 Å². The van der Waals surface area contributed by atoms with Crippen LogP contribution in [0.25, 0.3) is 0 Å². The normalized spacial score (nSPS) is 27.4. The molecule has 4 nitrogen and oxygen atoms in total. The van der Waals surface area contributed by atoms with Gasteiger partial charge < -0.3 is 15.8 Å². The van der Waals surface area contributed by atoms with Crippen LogP contribution in [0, 0.1) is 5.92 Å². The Labute approximate surface area is 97.9 Å². The molecule has 0 aromatic carbocycles. The van der Waals surface area contributed by atoms with Crippen LogP contribution in [0.2, 0.25) is 0 Å². The van der Waals surface area contributed by atoms with E-state index in [1.165, 1.54) is 0 Å². The molecule has 0 aromatic rings. The number of rotatable bonds is 5. The van der Waals surface area contributed by atoms with E-state index in [1.807, 2.05) is 6.92 Å². The maximum atomic E-state index is 11.6. The highest BCUT2D eigenvalue weighted by Crippen LogP contribution is 2.18. The van der Waals surface area contributed by atoms with E-state index in [2.05, 4.69) is 12.2 Å². The Kier molecular flexibility index (Phi) is 5.77. The largest absolute Gasteiger partial charge is 0.378 e. The molecule has 0 bridgehead atoms. The molecule has 0 radical (unpaired) electrons. The Morgan fingerprint density at radius 2 is 2.38 bits per heavy atom. The number of hydrogen-bond donors (Lipinski definition) is 2. The lowest BCUT2D eigenvalue weighted by molar-refractivity contribution is -0.123. The lowest BCUT2D eigenvalue weighted by atomic mass is 9.96. The lowest BCUT2D eigenvalue weighted by Crippen LogP contribution is -2.43. The van der Waals surface area contributed by atoms with Gasteiger partial charge in [-0.1, -0.05) is 13.3 Å². The maximum Gasteiger partial charge on any atom is 0.236 e. The van der Waals surface area contributed by atoms with Gasteiger partial charge in [-0.25, -0.2) is 0 Å². The van der Waals surface area contributed by atoms with Crippen LogP contribution in [0.3, 0.4) is 0 Å². The van der Waals surface area contributed by atoms with Crippen molar-refractivity contribution in [3.8, 4) is 0 Å². The van der Waals surface area contributed by atoms with Crippen LogP contribution < -0.4 is 11.1 Å². The second-order valence-electron chi connectivity index (χ2n) is 4.71. The Hall–Kier alpha value is -0.610. The number of carbonyl (C=O) groups excluding carboxylic acids is 1. The summed E-state index contributed by atoms with van der Waals surface area (Å²) in [5.74, 6) is 0.530. The van der Waals surface area contributed by atoms with Crippen LogP contribution in [-0.2, 0) is 9.53 Å². The van der Waals surface area contributed by atoms with Crippen LogP contribution in [0.4, 0.5) is 0 Å². The molecule has 3 N–H and O–H groups in total. The van der Waals surface area contributed by atoms with Crippen molar-refractivity contribution >= 4 is 5.91 Å². The summed E-state index contributed by atoms with van der Waals surface area (Å²) in [5.41, 5.74) is 5.73. The molecule has 94 valence electrons. The fourth-order valence-corrected chi connectivity index (χ4v) is 2.09. The van der Waals surface area contributed by atoms with Crippen molar-refractivity contribution in [3.63, 3.8) is 0 Å². The first-order chi connectivity index (χ1) is 7.63. The molecule has 1 fully saturated rings. The van der Waals surface area contributed by atoms with Crippen LogP contribution >= 0.6 is 0 Å². The van der Waals surface area contributed by atoms with Crippen LogP contribution in [-0.4, -0.2) is 31.2 Å². The first kappa shape index (κ1) is 13.5. The third kappa shape index (κ3) is 4.49. The monoisotopic (exact) mass is 228 g/mol. The highest BCUT2D eigenvalue weighted by atomic mass is 16.5. The third-order valence-corrected chi connectivity index (χ3v) is 3.10. The number of nitrogens with two attached hydrogens (primary N) is 1. The zero-order chi connectivity index (χ0) is 12.0. The molecule has 4 heteroatoms. The summed E-state index contributed by atoms with van der Waals surface area (Å²) in [6.45, 7) is 5.66. The standard InChI is InChI=1S/C12H24N2O2/c1-3-4-11(13)12(15)14-8-10-5-6-16-9(2)7-10/h9-11H,3-8,13H2,1-2H3,(H,14,15). The minimum Gasteiger partial charge on any atom is -0.378 e. The van der Waals surface area contributed by atoms with Gasteiger partial charge in [-0.15, -0.1) is 0 Å². The zero-order valence-corrected chi connectivity index (χ0v) is 10.4. The smallest absolute Gasteiger partial charge is 0.236 e. The number of carbonyl (C=O) groups is 1.